The van der Waals surface area contributed by atoms with E-state index in [1.54, 1.807) is 0 Å². The molecule has 62 valence electrons. The summed E-state index contributed by atoms with van der Waals surface area (Å²) in [7, 11) is 1.89. The molecule has 0 heterocycles. The van der Waals surface area contributed by atoms with Crippen LogP contribution >= 0.6 is 0 Å². The van der Waals surface area contributed by atoms with Crippen LogP contribution in [0.1, 0.15) is 24.1 Å². The highest BCUT2D eigenvalue weighted by Gasteiger charge is 2.06. The molecule has 0 saturated heterocycles. The van der Waals surface area contributed by atoms with Crippen molar-refractivity contribution in [1.82, 2.24) is 5.32 Å². The van der Waals surface area contributed by atoms with Crippen LogP contribution in [0.5, 0.6) is 0 Å². The summed E-state index contributed by atoms with van der Waals surface area (Å²) in [6.07, 6.45) is 0. The van der Waals surface area contributed by atoms with Crippen molar-refractivity contribution < 1.29 is 0 Å². The van der Waals surface area contributed by atoms with Crippen molar-refractivity contribution in [3.8, 4) is 6.07 Å². The Labute approximate surface area is 72.8 Å². The second-order valence-corrected chi connectivity index (χ2v) is 2.71. The van der Waals surface area contributed by atoms with Gasteiger partial charge in [0, 0.05) is 6.04 Å². The van der Waals surface area contributed by atoms with Crippen molar-refractivity contribution in [3.05, 3.63) is 35.4 Å². The zero-order chi connectivity index (χ0) is 8.97. The summed E-state index contributed by atoms with van der Waals surface area (Å²) in [6.45, 7) is 2.04. The fraction of sp³-hybridized carbons (Fsp3) is 0.300. The van der Waals surface area contributed by atoms with Gasteiger partial charge in [0.2, 0.25) is 0 Å². The number of nitriles is 1. The molecule has 0 radical (unpaired) electrons. The minimum Gasteiger partial charge on any atom is -0.313 e. The maximum atomic E-state index is 8.79. The first-order chi connectivity index (χ1) is 5.79. The fourth-order valence-corrected chi connectivity index (χ4v) is 1.13. The monoisotopic (exact) mass is 160 g/mol. The normalized spacial score (nSPS) is 12.1. The smallest absolute Gasteiger partial charge is 0.0995 e. The molecule has 0 aromatic heterocycles. The first-order valence-corrected chi connectivity index (χ1v) is 3.96. The Balaban J connectivity index is 3.07. The van der Waals surface area contributed by atoms with Gasteiger partial charge in [-0.3, -0.25) is 0 Å². The SMILES string of the molecule is CNC(C)c1ccccc1C#N. The molecule has 2 heteroatoms. The molecule has 1 rings (SSSR count). The summed E-state index contributed by atoms with van der Waals surface area (Å²) >= 11 is 0. The van der Waals surface area contributed by atoms with Gasteiger partial charge in [-0.05, 0) is 25.6 Å². The average molecular weight is 160 g/mol. The molecule has 1 atom stereocenters. The molecule has 0 spiro atoms. The largest absolute Gasteiger partial charge is 0.313 e. The molecule has 0 bridgehead atoms. The van der Waals surface area contributed by atoms with Crippen LogP contribution in [0.15, 0.2) is 24.3 Å². The van der Waals surface area contributed by atoms with Gasteiger partial charge < -0.3 is 5.32 Å². The number of hydrogen-bond acceptors (Lipinski definition) is 2. The molecular formula is C10H12N2. The second-order valence-electron chi connectivity index (χ2n) is 2.71. The van der Waals surface area contributed by atoms with Crippen molar-refractivity contribution in [2.45, 2.75) is 13.0 Å². The summed E-state index contributed by atoms with van der Waals surface area (Å²) < 4.78 is 0. The highest BCUT2D eigenvalue weighted by molar-refractivity contribution is 5.38. The van der Waals surface area contributed by atoms with Gasteiger partial charge in [0.05, 0.1) is 11.6 Å². The van der Waals surface area contributed by atoms with Crippen LogP contribution in [0.4, 0.5) is 0 Å². The quantitative estimate of drug-likeness (QED) is 0.716. The molecule has 0 saturated carbocycles. The van der Waals surface area contributed by atoms with Crippen LogP contribution in [0.25, 0.3) is 0 Å². The van der Waals surface area contributed by atoms with Crippen molar-refractivity contribution in [3.63, 3.8) is 0 Å². The zero-order valence-electron chi connectivity index (χ0n) is 7.33. The van der Waals surface area contributed by atoms with Crippen molar-refractivity contribution in [1.29, 1.82) is 5.26 Å². The first-order valence-electron chi connectivity index (χ1n) is 3.96. The zero-order valence-corrected chi connectivity index (χ0v) is 7.33. The predicted octanol–water partition coefficient (Wildman–Crippen LogP) is 1.84. The van der Waals surface area contributed by atoms with Gasteiger partial charge >= 0.3 is 0 Å². The summed E-state index contributed by atoms with van der Waals surface area (Å²) in [4.78, 5) is 0. The highest BCUT2D eigenvalue weighted by atomic mass is 14.9. The second kappa shape index (κ2) is 3.89. The highest BCUT2D eigenvalue weighted by Crippen LogP contribution is 2.15. The Hall–Kier alpha value is -1.33. The molecule has 1 aromatic rings. The molecule has 1 N–H and O–H groups in total. The van der Waals surface area contributed by atoms with E-state index in [1.165, 1.54) is 0 Å². The molecule has 12 heavy (non-hydrogen) atoms. The van der Waals surface area contributed by atoms with Gasteiger partial charge in [-0.15, -0.1) is 0 Å². The van der Waals surface area contributed by atoms with Gasteiger partial charge in [0.25, 0.3) is 0 Å². The van der Waals surface area contributed by atoms with E-state index in [9.17, 15) is 0 Å². The molecule has 2 nitrogen and oxygen atoms in total. The maximum absolute atomic E-state index is 8.79. The van der Waals surface area contributed by atoms with E-state index < -0.39 is 0 Å². The third-order valence-electron chi connectivity index (χ3n) is 1.98. The molecule has 0 aliphatic heterocycles. The topological polar surface area (TPSA) is 35.8 Å². The lowest BCUT2D eigenvalue weighted by atomic mass is 10.0. The molecule has 0 aliphatic carbocycles. The lowest BCUT2D eigenvalue weighted by Gasteiger charge is -2.11. The third-order valence-corrected chi connectivity index (χ3v) is 1.98. The van der Waals surface area contributed by atoms with E-state index in [0.717, 1.165) is 11.1 Å². The lowest BCUT2D eigenvalue weighted by Crippen LogP contribution is -2.13. The summed E-state index contributed by atoms with van der Waals surface area (Å²) in [6, 6.07) is 10.0. The summed E-state index contributed by atoms with van der Waals surface area (Å²) in [5, 5.41) is 11.9. The number of hydrogen-bond donors (Lipinski definition) is 1. The van der Waals surface area contributed by atoms with E-state index in [0.29, 0.717) is 0 Å². The number of rotatable bonds is 2. The Morgan fingerprint density at radius 2 is 2.08 bits per heavy atom. The molecule has 1 aromatic carbocycles. The van der Waals surface area contributed by atoms with Gasteiger partial charge in [-0.2, -0.15) is 5.26 Å². The third kappa shape index (κ3) is 1.63. The van der Waals surface area contributed by atoms with E-state index in [4.69, 9.17) is 5.26 Å². The van der Waals surface area contributed by atoms with E-state index in [-0.39, 0.29) is 6.04 Å². The van der Waals surface area contributed by atoms with Crippen LogP contribution in [-0.2, 0) is 0 Å². The average Bonchev–Trinajstić information content (AvgIpc) is 2.16. The van der Waals surface area contributed by atoms with Crippen LogP contribution in [0, 0.1) is 11.3 Å². The Morgan fingerprint density at radius 3 is 2.67 bits per heavy atom. The first kappa shape index (κ1) is 8.76. The molecule has 0 aliphatic rings. The van der Waals surface area contributed by atoms with Gasteiger partial charge in [0.1, 0.15) is 0 Å². The van der Waals surface area contributed by atoms with Crippen LogP contribution in [-0.4, -0.2) is 7.05 Å². The van der Waals surface area contributed by atoms with Gasteiger partial charge in [-0.25, -0.2) is 0 Å². The van der Waals surface area contributed by atoms with Crippen LogP contribution in [0.3, 0.4) is 0 Å². The molecule has 1 unspecified atom stereocenters. The van der Waals surface area contributed by atoms with Gasteiger partial charge in [0.15, 0.2) is 0 Å². The van der Waals surface area contributed by atoms with E-state index in [2.05, 4.69) is 11.4 Å². The minimum atomic E-state index is 0.237. The fourth-order valence-electron chi connectivity index (χ4n) is 1.13. The number of nitrogens with zero attached hydrogens (tertiary/aromatic N) is 1. The summed E-state index contributed by atoms with van der Waals surface area (Å²) in [5.41, 5.74) is 1.81. The van der Waals surface area contributed by atoms with Crippen molar-refractivity contribution >= 4 is 0 Å². The van der Waals surface area contributed by atoms with E-state index in [1.807, 2.05) is 38.2 Å². The van der Waals surface area contributed by atoms with Crippen LogP contribution < -0.4 is 5.32 Å². The van der Waals surface area contributed by atoms with E-state index >= 15 is 0 Å². The van der Waals surface area contributed by atoms with Crippen LogP contribution in [0.2, 0.25) is 0 Å². The lowest BCUT2D eigenvalue weighted by molar-refractivity contribution is 0.651. The number of benzene rings is 1. The predicted molar refractivity (Wildman–Crippen MR) is 48.6 cm³/mol. The minimum absolute atomic E-state index is 0.237. The van der Waals surface area contributed by atoms with Crippen molar-refractivity contribution in [2.24, 2.45) is 0 Å². The standard InChI is InChI=1S/C10H12N2/c1-8(12-2)10-6-4-3-5-9(10)7-11/h3-6,8,12H,1-2H3. The Morgan fingerprint density at radius 1 is 1.42 bits per heavy atom. The van der Waals surface area contributed by atoms with Gasteiger partial charge in [-0.1, -0.05) is 18.2 Å². The summed E-state index contributed by atoms with van der Waals surface area (Å²) in [5.74, 6) is 0. The Kier molecular flexibility index (Phi) is 2.84. The molecular weight excluding hydrogens is 148 g/mol. The molecule has 0 amide bonds. The number of nitrogens with one attached hydrogen (secondary N) is 1. The maximum Gasteiger partial charge on any atom is 0.0995 e. The molecule has 0 fully saturated rings. The van der Waals surface area contributed by atoms with Crippen molar-refractivity contribution in [2.75, 3.05) is 7.05 Å². The Bertz CT molecular complexity index is 299.